The fourth-order valence-corrected chi connectivity index (χ4v) is 2.51. The van der Waals surface area contributed by atoms with Crippen LogP contribution in [0.25, 0.3) is 0 Å². The molecule has 0 aliphatic heterocycles. The van der Waals surface area contributed by atoms with Gasteiger partial charge in [0.1, 0.15) is 18.5 Å². The van der Waals surface area contributed by atoms with Crippen LogP contribution in [-0.4, -0.2) is 42.9 Å². The number of ether oxygens (including phenoxy) is 3. The average Bonchev–Trinajstić information content (AvgIpc) is 2.52. The Bertz CT molecular complexity index is 442. The van der Waals surface area contributed by atoms with E-state index in [0.29, 0.717) is 24.9 Å². The van der Waals surface area contributed by atoms with Gasteiger partial charge < -0.3 is 19.5 Å². The van der Waals surface area contributed by atoms with Crippen molar-refractivity contribution >= 4 is 5.82 Å². The number of hydrogen-bond acceptors (Lipinski definition) is 6. The van der Waals surface area contributed by atoms with Crippen LogP contribution in [0.4, 0.5) is 5.82 Å². The number of rotatable bonds is 7. The summed E-state index contributed by atoms with van der Waals surface area (Å²) < 4.78 is 16.8. The second-order valence-electron chi connectivity index (χ2n) is 5.16. The molecule has 0 aromatic carbocycles. The quantitative estimate of drug-likeness (QED) is 0.833. The Labute approximate surface area is 126 Å². The summed E-state index contributed by atoms with van der Waals surface area (Å²) in [5.41, 5.74) is 0. The first kappa shape index (κ1) is 16.0. The Morgan fingerprint density at radius 3 is 2.81 bits per heavy atom. The third-order valence-electron chi connectivity index (χ3n) is 3.64. The molecule has 1 aliphatic carbocycles. The fraction of sp³-hybridized carbons (Fsp3) is 0.733. The number of hydrogen-bond donors (Lipinski definition) is 1. The molecule has 2 atom stereocenters. The number of nitrogens with one attached hydrogen (secondary N) is 1. The first-order valence-corrected chi connectivity index (χ1v) is 7.58. The first-order chi connectivity index (χ1) is 10.2. The molecule has 2 rings (SSSR count). The molecule has 118 valence electrons. The van der Waals surface area contributed by atoms with Gasteiger partial charge in [-0.15, -0.1) is 0 Å². The summed E-state index contributed by atoms with van der Waals surface area (Å²) in [5.74, 6) is 1.98. The maximum absolute atomic E-state index is 6.02. The summed E-state index contributed by atoms with van der Waals surface area (Å²) in [6.07, 6.45) is 4.63. The van der Waals surface area contributed by atoms with Crippen LogP contribution in [0, 0.1) is 0 Å². The SMILES string of the molecule is CCOCc1nc(NC)cc(OC2CCCC(OC)C2)n1. The van der Waals surface area contributed by atoms with Gasteiger partial charge in [0, 0.05) is 33.3 Å². The zero-order chi connectivity index (χ0) is 15.1. The Hall–Kier alpha value is -1.40. The van der Waals surface area contributed by atoms with E-state index >= 15 is 0 Å². The van der Waals surface area contributed by atoms with E-state index < -0.39 is 0 Å². The highest BCUT2D eigenvalue weighted by atomic mass is 16.5. The van der Waals surface area contributed by atoms with Crippen molar-refractivity contribution in [1.82, 2.24) is 9.97 Å². The average molecular weight is 295 g/mol. The van der Waals surface area contributed by atoms with E-state index in [4.69, 9.17) is 14.2 Å². The molecule has 0 bridgehead atoms. The van der Waals surface area contributed by atoms with Crippen LogP contribution >= 0.6 is 0 Å². The van der Waals surface area contributed by atoms with Gasteiger partial charge in [-0.25, -0.2) is 4.98 Å². The molecule has 1 N–H and O–H groups in total. The maximum atomic E-state index is 6.02. The van der Waals surface area contributed by atoms with Crippen LogP contribution in [0.1, 0.15) is 38.4 Å². The molecule has 1 heterocycles. The highest BCUT2D eigenvalue weighted by molar-refractivity contribution is 5.37. The highest BCUT2D eigenvalue weighted by Gasteiger charge is 2.23. The van der Waals surface area contributed by atoms with Crippen LogP contribution in [0.15, 0.2) is 6.07 Å². The van der Waals surface area contributed by atoms with Gasteiger partial charge in [0.15, 0.2) is 5.82 Å². The van der Waals surface area contributed by atoms with Crippen LogP contribution in [-0.2, 0) is 16.1 Å². The predicted octanol–water partition coefficient (Wildman–Crippen LogP) is 2.39. The summed E-state index contributed by atoms with van der Waals surface area (Å²) in [7, 11) is 3.59. The van der Waals surface area contributed by atoms with Crippen LogP contribution in [0.3, 0.4) is 0 Å². The zero-order valence-electron chi connectivity index (χ0n) is 13.1. The van der Waals surface area contributed by atoms with E-state index in [1.165, 1.54) is 0 Å². The fourth-order valence-electron chi connectivity index (χ4n) is 2.51. The lowest BCUT2D eigenvalue weighted by Gasteiger charge is -2.28. The van der Waals surface area contributed by atoms with E-state index in [2.05, 4.69) is 15.3 Å². The minimum atomic E-state index is 0.156. The van der Waals surface area contributed by atoms with Crippen LogP contribution < -0.4 is 10.1 Å². The molecule has 1 aromatic heterocycles. The van der Waals surface area contributed by atoms with E-state index in [1.54, 1.807) is 7.11 Å². The van der Waals surface area contributed by atoms with Gasteiger partial charge in [-0.3, -0.25) is 0 Å². The lowest BCUT2D eigenvalue weighted by molar-refractivity contribution is 0.0192. The number of anilines is 1. The third kappa shape index (κ3) is 4.82. The molecule has 0 saturated heterocycles. The van der Waals surface area contributed by atoms with Crippen molar-refractivity contribution in [2.45, 2.75) is 51.4 Å². The lowest BCUT2D eigenvalue weighted by atomic mass is 9.95. The van der Waals surface area contributed by atoms with Gasteiger partial charge in [-0.1, -0.05) is 0 Å². The van der Waals surface area contributed by atoms with E-state index in [9.17, 15) is 0 Å². The standard InChI is InChI=1S/C15H25N3O3/c1-4-20-10-14-17-13(16-2)9-15(18-14)21-12-7-5-6-11(8-12)19-3/h9,11-12H,4-8,10H2,1-3H3,(H,16,17,18). The summed E-state index contributed by atoms with van der Waals surface area (Å²) in [6.45, 7) is 2.99. The van der Waals surface area contributed by atoms with Gasteiger partial charge >= 0.3 is 0 Å². The molecule has 6 nitrogen and oxygen atoms in total. The Balaban J connectivity index is 2.03. The van der Waals surface area contributed by atoms with Gasteiger partial charge in [0.25, 0.3) is 0 Å². The first-order valence-electron chi connectivity index (χ1n) is 7.58. The molecule has 2 unspecified atom stereocenters. The summed E-state index contributed by atoms with van der Waals surface area (Å²) >= 11 is 0. The normalized spacial score (nSPS) is 22.0. The number of nitrogens with zero attached hydrogens (tertiary/aromatic N) is 2. The minimum Gasteiger partial charge on any atom is -0.474 e. The van der Waals surface area contributed by atoms with Crippen molar-refractivity contribution in [2.75, 3.05) is 26.1 Å². The lowest BCUT2D eigenvalue weighted by Crippen LogP contribution is -2.29. The highest BCUT2D eigenvalue weighted by Crippen LogP contribution is 2.25. The van der Waals surface area contributed by atoms with Crippen molar-refractivity contribution in [3.63, 3.8) is 0 Å². The molecule has 1 saturated carbocycles. The van der Waals surface area contributed by atoms with Gasteiger partial charge in [-0.05, 0) is 26.2 Å². The van der Waals surface area contributed by atoms with E-state index in [1.807, 2.05) is 20.0 Å². The second kappa shape index (κ2) is 8.14. The monoisotopic (exact) mass is 295 g/mol. The Morgan fingerprint density at radius 1 is 1.29 bits per heavy atom. The third-order valence-corrected chi connectivity index (χ3v) is 3.64. The van der Waals surface area contributed by atoms with Gasteiger partial charge in [0.05, 0.1) is 6.10 Å². The molecule has 0 spiro atoms. The largest absolute Gasteiger partial charge is 0.474 e. The van der Waals surface area contributed by atoms with Crippen molar-refractivity contribution < 1.29 is 14.2 Å². The van der Waals surface area contributed by atoms with Crippen LogP contribution in [0.2, 0.25) is 0 Å². The molecule has 1 aromatic rings. The van der Waals surface area contributed by atoms with E-state index in [0.717, 1.165) is 31.5 Å². The van der Waals surface area contributed by atoms with Gasteiger partial charge in [0.2, 0.25) is 5.88 Å². The van der Waals surface area contributed by atoms with Crippen molar-refractivity contribution in [1.29, 1.82) is 0 Å². The zero-order valence-corrected chi connectivity index (χ0v) is 13.1. The number of methoxy groups -OCH3 is 1. The molecular formula is C15H25N3O3. The minimum absolute atomic E-state index is 0.156. The molecule has 0 amide bonds. The maximum Gasteiger partial charge on any atom is 0.219 e. The van der Waals surface area contributed by atoms with E-state index in [-0.39, 0.29) is 12.2 Å². The molecule has 1 fully saturated rings. The Kier molecular flexibility index (Phi) is 6.20. The smallest absolute Gasteiger partial charge is 0.219 e. The molecular weight excluding hydrogens is 270 g/mol. The van der Waals surface area contributed by atoms with Crippen molar-refractivity contribution in [3.8, 4) is 5.88 Å². The van der Waals surface area contributed by atoms with Crippen LogP contribution in [0.5, 0.6) is 5.88 Å². The summed E-state index contributed by atoms with van der Waals surface area (Å²) in [5, 5.41) is 3.03. The summed E-state index contributed by atoms with van der Waals surface area (Å²) in [6, 6.07) is 1.83. The Morgan fingerprint density at radius 2 is 2.10 bits per heavy atom. The molecule has 21 heavy (non-hydrogen) atoms. The molecule has 6 heteroatoms. The van der Waals surface area contributed by atoms with Gasteiger partial charge in [-0.2, -0.15) is 4.98 Å². The van der Waals surface area contributed by atoms with Crippen molar-refractivity contribution in [2.24, 2.45) is 0 Å². The molecule has 0 radical (unpaired) electrons. The topological polar surface area (TPSA) is 65.5 Å². The summed E-state index contributed by atoms with van der Waals surface area (Å²) in [4.78, 5) is 8.79. The number of aromatic nitrogens is 2. The van der Waals surface area contributed by atoms with Crippen molar-refractivity contribution in [3.05, 3.63) is 11.9 Å². The predicted molar refractivity (Wildman–Crippen MR) is 80.6 cm³/mol. The second-order valence-corrected chi connectivity index (χ2v) is 5.16. The molecule has 1 aliphatic rings.